The van der Waals surface area contributed by atoms with Gasteiger partial charge in [0.15, 0.2) is 5.13 Å². The molecule has 3 aromatic heterocycles. The number of anilines is 1. The van der Waals surface area contributed by atoms with E-state index in [9.17, 15) is 14.4 Å². The van der Waals surface area contributed by atoms with Gasteiger partial charge >= 0.3 is 6.03 Å². The van der Waals surface area contributed by atoms with E-state index in [-0.39, 0.29) is 18.4 Å². The molecule has 2 aliphatic rings. The number of amides is 4. The number of nitrogens with one attached hydrogen (secondary N) is 2. The summed E-state index contributed by atoms with van der Waals surface area (Å²) in [6.07, 6.45) is 3.46. The van der Waals surface area contributed by atoms with Crippen molar-refractivity contribution >= 4 is 57.0 Å². The summed E-state index contributed by atoms with van der Waals surface area (Å²) >= 11 is 4.60. The standard InChI is InChI=1S/C22H22N4O3S3/c1-13-6-2-3-9-22(13)19(28)26(21(29)25-22)12-16(27)23-20-24-17(14-7-4-10-30-14)18(32-20)15-8-5-11-31-15/h4-5,7-8,10-11,13H,2-3,6,9,12H2,1H3,(H,25,29)(H,23,24,27). The first-order valence-electron chi connectivity index (χ1n) is 10.5. The SMILES string of the molecule is CC1CCCCC12NC(=O)N(CC(=O)Nc1nc(-c3cccs3)c(-c3cccs3)s1)C2=O. The van der Waals surface area contributed by atoms with E-state index in [0.717, 1.165) is 44.5 Å². The van der Waals surface area contributed by atoms with Gasteiger partial charge < -0.3 is 10.6 Å². The van der Waals surface area contributed by atoms with E-state index < -0.39 is 17.5 Å². The molecule has 0 aromatic carbocycles. The second-order valence-electron chi connectivity index (χ2n) is 8.14. The van der Waals surface area contributed by atoms with Gasteiger partial charge in [-0.15, -0.1) is 22.7 Å². The smallest absolute Gasteiger partial charge is 0.323 e. The van der Waals surface area contributed by atoms with E-state index >= 15 is 0 Å². The lowest BCUT2D eigenvalue weighted by atomic mass is 9.73. The van der Waals surface area contributed by atoms with Crippen molar-refractivity contribution in [1.82, 2.24) is 15.2 Å². The van der Waals surface area contributed by atoms with Crippen LogP contribution in [-0.4, -0.2) is 39.8 Å². The van der Waals surface area contributed by atoms with E-state index in [2.05, 4.69) is 15.6 Å². The molecule has 4 heterocycles. The Morgan fingerprint density at radius 2 is 1.97 bits per heavy atom. The maximum absolute atomic E-state index is 13.1. The number of carbonyl (C=O) groups is 3. The largest absolute Gasteiger partial charge is 0.325 e. The first-order valence-corrected chi connectivity index (χ1v) is 13.1. The molecular formula is C22H22N4O3S3. The van der Waals surface area contributed by atoms with Crippen molar-refractivity contribution in [2.45, 2.75) is 38.1 Å². The monoisotopic (exact) mass is 486 g/mol. The van der Waals surface area contributed by atoms with Crippen molar-refractivity contribution in [3.05, 3.63) is 35.0 Å². The summed E-state index contributed by atoms with van der Waals surface area (Å²) in [5, 5.41) is 10.1. The highest BCUT2D eigenvalue weighted by Gasteiger charge is 2.55. The Hall–Kier alpha value is -2.56. The summed E-state index contributed by atoms with van der Waals surface area (Å²) in [4.78, 5) is 47.3. The van der Waals surface area contributed by atoms with Gasteiger partial charge in [-0.1, -0.05) is 43.2 Å². The quantitative estimate of drug-likeness (QED) is 0.494. The predicted molar refractivity (Wildman–Crippen MR) is 128 cm³/mol. The van der Waals surface area contributed by atoms with Crippen molar-refractivity contribution in [3.8, 4) is 20.3 Å². The van der Waals surface area contributed by atoms with Crippen LogP contribution in [0.4, 0.5) is 9.93 Å². The van der Waals surface area contributed by atoms with Gasteiger partial charge in [-0.05, 0) is 41.7 Å². The zero-order chi connectivity index (χ0) is 22.3. The molecule has 0 radical (unpaired) electrons. The fourth-order valence-corrected chi connectivity index (χ4v) is 7.10. The van der Waals surface area contributed by atoms with Gasteiger partial charge in [-0.2, -0.15) is 0 Å². The Kier molecular flexibility index (Phi) is 5.60. The van der Waals surface area contributed by atoms with Crippen molar-refractivity contribution in [2.24, 2.45) is 5.92 Å². The molecule has 32 heavy (non-hydrogen) atoms. The number of thiazole rings is 1. The van der Waals surface area contributed by atoms with Gasteiger partial charge in [-0.3, -0.25) is 14.5 Å². The lowest BCUT2D eigenvalue weighted by Crippen LogP contribution is -2.54. The zero-order valence-electron chi connectivity index (χ0n) is 17.4. The molecule has 166 valence electrons. The topological polar surface area (TPSA) is 91.4 Å². The highest BCUT2D eigenvalue weighted by molar-refractivity contribution is 7.24. The third-order valence-electron chi connectivity index (χ3n) is 6.18. The first-order chi connectivity index (χ1) is 15.5. The Morgan fingerprint density at radius 1 is 1.22 bits per heavy atom. The van der Waals surface area contributed by atoms with Crippen LogP contribution in [0.3, 0.4) is 0 Å². The van der Waals surface area contributed by atoms with Crippen molar-refractivity contribution in [2.75, 3.05) is 11.9 Å². The Morgan fingerprint density at radius 3 is 2.66 bits per heavy atom. The molecule has 10 heteroatoms. The summed E-state index contributed by atoms with van der Waals surface area (Å²) < 4.78 is 0. The van der Waals surface area contributed by atoms with Gasteiger partial charge in [0.05, 0.1) is 9.75 Å². The molecule has 0 bridgehead atoms. The number of thiophene rings is 2. The Bertz CT molecular complexity index is 1100. The number of hydrogen-bond donors (Lipinski definition) is 2. The number of urea groups is 1. The van der Waals surface area contributed by atoms with Crippen LogP contribution in [0.1, 0.15) is 32.6 Å². The molecule has 1 saturated heterocycles. The van der Waals surface area contributed by atoms with Crippen LogP contribution < -0.4 is 10.6 Å². The molecule has 5 rings (SSSR count). The summed E-state index contributed by atoms with van der Waals surface area (Å²) in [5.41, 5.74) is -0.0390. The summed E-state index contributed by atoms with van der Waals surface area (Å²) in [7, 11) is 0. The highest BCUT2D eigenvalue weighted by Crippen LogP contribution is 2.42. The second-order valence-corrected chi connectivity index (χ2v) is 11.0. The van der Waals surface area contributed by atoms with Gasteiger partial charge in [0, 0.05) is 4.88 Å². The molecule has 1 spiro atoms. The third kappa shape index (κ3) is 3.66. The molecule has 4 amide bonds. The first kappa shape index (κ1) is 21.3. The molecule has 3 aromatic rings. The molecule has 2 fully saturated rings. The average molecular weight is 487 g/mol. The van der Waals surface area contributed by atoms with E-state index in [1.807, 2.05) is 41.9 Å². The van der Waals surface area contributed by atoms with Crippen LogP contribution in [0.15, 0.2) is 35.0 Å². The predicted octanol–water partition coefficient (Wildman–Crippen LogP) is 5.04. The molecular weight excluding hydrogens is 464 g/mol. The lowest BCUT2D eigenvalue weighted by Gasteiger charge is -2.36. The minimum absolute atomic E-state index is 0.0569. The Labute approximate surface area is 197 Å². The summed E-state index contributed by atoms with van der Waals surface area (Å²) in [6, 6.07) is 7.49. The van der Waals surface area contributed by atoms with Crippen molar-refractivity contribution < 1.29 is 14.4 Å². The molecule has 7 nitrogen and oxygen atoms in total. The molecule has 2 unspecified atom stereocenters. The zero-order valence-corrected chi connectivity index (χ0v) is 19.9. The maximum atomic E-state index is 13.1. The van der Waals surface area contributed by atoms with Gasteiger partial charge in [0.2, 0.25) is 5.91 Å². The van der Waals surface area contributed by atoms with Gasteiger partial charge in [0.25, 0.3) is 5.91 Å². The van der Waals surface area contributed by atoms with E-state index in [4.69, 9.17) is 0 Å². The third-order valence-corrected chi connectivity index (χ3v) is 9.07. The lowest BCUT2D eigenvalue weighted by molar-refractivity contribution is -0.136. The van der Waals surface area contributed by atoms with E-state index in [1.165, 1.54) is 11.3 Å². The normalized spacial score (nSPS) is 23.0. The van der Waals surface area contributed by atoms with E-state index in [1.54, 1.807) is 22.7 Å². The van der Waals surface area contributed by atoms with Crippen LogP contribution in [0.5, 0.6) is 0 Å². The van der Waals surface area contributed by atoms with E-state index in [0.29, 0.717) is 11.6 Å². The van der Waals surface area contributed by atoms with Crippen molar-refractivity contribution in [3.63, 3.8) is 0 Å². The van der Waals surface area contributed by atoms with Gasteiger partial charge in [0.1, 0.15) is 17.8 Å². The van der Waals surface area contributed by atoms with Crippen LogP contribution >= 0.6 is 34.0 Å². The van der Waals surface area contributed by atoms with Crippen LogP contribution in [0.2, 0.25) is 0 Å². The minimum atomic E-state index is -0.866. The molecule has 1 aliphatic carbocycles. The number of nitrogens with zero attached hydrogens (tertiary/aromatic N) is 2. The molecule has 1 aliphatic heterocycles. The number of rotatable bonds is 5. The number of aromatic nitrogens is 1. The second kappa shape index (κ2) is 8.42. The van der Waals surface area contributed by atoms with Crippen LogP contribution in [-0.2, 0) is 9.59 Å². The van der Waals surface area contributed by atoms with Crippen molar-refractivity contribution in [1.29, 1.82) is 0 Å². The fourth-order valence-electron chi connectivity index (χ4n) is 4.47. The number of carbonyl (C=O) groups excluding carboxylic acids is 3. The minimum Gasteiger partial charge on any atom is -0.323 e. The average Bonchev–Trinajstić information content (AvgIpc) is 3.55. The highest BCUT2D eigenvalue weighted by atomic mass is 32.1. The summed E-state index contributed by atoms with van der Waals surface area (Å²) in [5.74, 6) is -0.665. The number of hydrogen-bond acceptors (Lipinski definition) is 7. The molecule has 2 atom stereocenters. The molecule has 2 N–H and O–H groups in total. The van der Waals surface area contributed by atoms with Gasteiger partial charge in [-0.25, -0.2) is 9.78 Å². The van der Waals surface area contributed by atoms with Crippen LogP contribution in [0, 0.1) is 5.92 Å². The summed E-state index contributed by atoms with van der Waals surface area (Å²) in [6.45, 7) is 1.68. The Balaban J connectivity index is 1.34. The number of imide groups is 1. The van der Waals surface area contributed by atoms with Crippen LogP contribution in [0.25, 0.3) is 20.3 Å². The maximum Gasteiger partial charge on any atom is 0.325 e. The molecule has 1 saturated carbocycles. The fraction of sp³-hybridized carbons (Fsp3) is 0.364.